The van der Waals surface area contributed by atoms with Gasteiger partial charge in [-0.2, -0.15) is 0 Å². The Morgan fingerprint density at radius 2 is 1.96 bits per heavy atom. The molecule has 0 bridgehead atoms. The standard InChI is InChI=1S/C22H25N3O3/c1-14(26)23-17-11-12-18(13-17)25(2)22(27)16-9-7-15(8-10-16)21-24-19-5-3-4-6-20(19)28-21/h3-10,17-18,22,27H,11-13H2,1-2H3,(H,23,26)/t17-,18-,22?/m1/s1. The van der Waals surface area contributed by atoms with Crippen molar-refractivity contribution < 1.29 is 14.3 Å². The zero-order chi connectivity index (χ0) is 19.7. The second-order valence-electron chi connectivity index (χ2n) is 7.51. The number of benzene rings is 2. The molecular formula is C22H25N3O3. The van der Waals surface area contributed by atoms with Crippen LogP contribution < -0.4 is 5.32 Å². The van der Waals surface area contributed by atoms with Crippen LogP contribution >= 0.6 is 0 Å². The molecule has 1 aliphatic rings. The summed E-state index contributed by atoms with van der Waals surface area (Å²) in [6.45, 7) is 1.55. The Bertz CT molecular complexity index is 934. The van der Waals surface area contributed by atoms with Crippen LogP contribution in [-0.4, -0.2) is 40.0 Å². The van der Waals surface area contributed by atoms with Gasteiger partial charge in [0.15, 0.2) is 5.58 Å². The van der Waals surface area contributed by atoms with Gasteiger partial charge >= 0.3 is 0 Å². The zero-order valence-electron chi connectivity index (χ0n) is 16.1. The van der Waals surface area contributed by atoms with Gasteiger partial charge in [-0.15, -0.1) is 0 Å². The molecule has 1 aliphatic carbocycles. The van der Waals surface area contributed by atoms with E-state index in [-0.39, 0.29) is 18.0 Å². The van der Waals surface area contributed by atoms with Crippen molar-refractivity contribution in [2.24, 2.45) is 0 Å². The third-order valence-electron chi connectivity index (χ3n) is 5.52. The summed E-state index contributed by atoms with van der Waals surface area (Å²) in [6.07, 6.45) is 2.06. The highest BCUT2D eigenvalue weighted by Crippen LogP contribution is 2.30. The number of amides is 1. The molecule has 1 unspecified atom stereocenters. The van der Waals surface area contributed by atoms with Gasteiger partial charge in [-0.05, 0) is 56.1 Å². The fourth-order valence-corrected chi connectivity index (χ4v) is 3.97. The fraction of sp³-hybridized carbons (Fsp3) is 0.364. The lowest BCUT2D eigenvalue weighted by Crippen LogP contribution is -2.36. The molecule has 2 N–H and O–H groups in total. The van der Waals surface area contributed by atoms with Gasteiger partial charge in [-0.3, -0.25) is 9.69 Å². The van der Waals surface area contributed by atoms with Crippen molar-refractivity contribution in [3.05, 3.63) is 54.1 Å². The van der Waals surface area contributed by atoms with E-state index in [1.807, 2.05) is 60.5 Å². The van der Waals surface area contributed by atoms with Crippen molar-refractivity contribution in [1.82, 2.24) is 15.2 Å². The summed E-state index contributed by atoms with van der Waals surface area (Å²) < 4.78 is 5.81. The molecule has 4 rings (SSSR count). The van der Waals surface area contributed by atoms with Gasteiger partial charge in [-0.25, -0.2) is 4.98 Å². The molecule has 0 saturated heterocycles. The number of carbonyl (C=O) groups is 1. The van der Waals surface area contributed by atoms with Crippen LogP contribution in [0.15, 0.2) is 52.9 Å². The van der Waals surface area contributed by atoms with Crippen molar-refractivity contribution >= 4 is 17.0 Å². The van der Waals surface area contributed by atoms with Crippen LogP contribution in [0.4, 0.5) is 0 Å². The number of hydrogen-bond acceptors (Lipinski definition) is 5. The first-order chi connectivity index (χ1) is 13.5. The van der Waals surface area contributed by atoms with Crippen LogP contribution in [0.2, 0.25) is 0 Å². The minimum Gasteiger partial charge on any atom is -0.436 e. The van der Waals surface area contributed by atoms with Gasteiger partial charge in [0.05, 0.1) is 0 Å². The minimum atomic E-state index is -0.696. The van der Waals surface area contributed by atoms with E-state index in [0.29, 0.717) is 5.89 Å². The average molecular weight is 379 g/mol. The summed E-state index contributed by atoms with van der Waals surface area (Å²) in [5, 5.41) is 13.8. The van der Waals surface area contributed by atoms with Crippen LogP contribution in [0.1, 0.15) is 38.0 Å². The fourth-order valence-electron chi connectivity index (χ4n) is 3.97. The highest BCUT2D eigenvalue weighted by Gasteiger charge is 2.31. The van der Waals surface area contributed by atoms with Crippen LogP contribution in [0.3, 0.4) is 0 Å². The van der Waals surface area contributed by atoms with Crippen molar-refractivity contribution in [2.75, 3.05) is 7.05 Å². The molecule has 1 heterocycles. The molecule has 0 radical (unpaired) electrons. The molecule has 3 atom stereocenters. The Morgan fingerprint density at radius 1 is 1.21 bits per heavy atom. The Balaban J connectivity index is 1.45. The summed E-state index contributed by atoms with van der Waals surface area (Å²) in [5.74, 6) is 0.577. The first-order valence-corrected chi connectivity index (χ1v) is 9.64. The molecule has 0 spiro atoms. The van der Waals surface area contributed by atoms with Crippen molar-refractivity contribution in [1.29, 1.82) is 0 Å². The van der Waals surface area contributed by atoms with Gasteiger partial charge in [0.1, 0.15) is 11.7 Å². The van der Waals surface area contributed by atoms with Crippen LogP contribution in [0.25, 0.3) is 22.6 Å². The molecule has 6 heteroatoms. The van der Waals surface area contributed by atoms with E-state index in [1.165, 1.54) is 0 Å². The predicted molar refractivity (Wildman–Crippen MR) is 107 cm³/mol. The van der Waals surface area contributed by atoms with Gasteiger partial charge in [0, 0.05) is 24.6 Å². The van der Waals surface area contributed by atoms with E-state index >= 15 is 0 Å². The van der Waals surface area contributed by atoms with Crippen LogP contribution in [0.5, 0.6) is 0 Å². The molecule has 6 nitrogen and oxygen atoms in total. The minimum absolute atomic E-state index is 0.00337. The highest BCUT2D eigenvalue weighted by molar-refractivity contribution is 5.76. The third-order valence-corrected chi connectivity index (χ3v) is 5.52. The van der Waals surface area contributed by atoms with Crippen LogP contribution in [-0.2, 0) is 4.79 Å². The molecule has 146 valence electrons. The maximum atomic E-state index is 11.3. The SMILES string of the molecule is CC(=O)N[C@@H]1CC[C@@H](N(C)C(O)c2ccc(-c3nc4ccccc4o3)cc2)C1. The molecule has 1 fully saturated rings. The summed E-state index contributed by atoms with van der Waals surface area (Å²) >= 11 is 0. The van der Waals surface area contributed by atoms with Gasteiger partial charge in [-0.1, -0.05) is 24.3 Å². The molecule has 28 heavy (non-hydrogen) atoms. The Hall–Kier alpha value is -2.70. The maximum absolute atomic E-state index is 11.3. The number of para-hydroxylation sites is 2. The van der Waals surface area contributed by atoms with E-state index in [9.17, 15) is 9.90 Å². The van der Waals surface area contributed by atoms with E-state index in [2.05, 4.69) is 10.3 Å². The average Bonchev–Trinajstić information content (AvgIpc) is 3.33. The second kappa shape index (κ2) is 7.73. The largest absolute Gasteiger partial charge is 0.436 e. The monoisotopic (exact) mass is 379 g/mol. The van der Waals surface area contributed by atoms with Crippen LogP contribution in [0, 0.1) is 0 Å². The first-order valence-electron chi connectivity index (χ1n) is 9.64. The topological polar surface area (TPSA) is 78.6 Å². The Morgan fingerprint density at radius 3 is 2.68 bits per heavy atom. The van der Waals surface area contributed by atoms with E-state index in [4.69, 9.17) is 4.42 Å². The smallest absolute Gasteiger partial charge is 0.227 e. The molecule has 2 aromatic carbocycles. The molecular weight excluding hydrogens is 354 g/mol. The van der Waals surface area contributed by atoms with Crippen molar-refractivity contribution in [2.45, 2.75) is 44.5 Å². The van der Waals surface area contributed by atoms with Crippen molar-refractivity contribution in [3.8, 4) is 11.5 Å². The lowest BCUT2D eigenvalue weighted by atomic mass is 10.1. The molecule has 3 aromatic rings. The third kappa shape index (κ3) is 3.79. The van der Waals surface area contributed by atoms with E-state index < -0.39 is 6.23 Å². The lowest BCUT2D eigenvalue weighted by molar-refractivity contribution is -0.119. The number of carbonyl (C=O) groups excluding carboxylic acids is 1. The second-order valence-corrected chi connectivity index (χ2v) is 7.51. The van der Waals surface area contributed by atoms with Gasteiger partial charge < -0.3 is 14.8 Å². The number of hydrogen-bond donors (Lipinski definition) is 2. The van der Waals surface area contributed by atoms with E-state index in [0.717, 1.165) is 41.5 Å². The molecule has 1 amide bonds. The number of nitrogens with one attached hydrogen (secondary N) is 1. The first kappa shape index (κ1) is 18.7. The molecule has 0 aliphatic heterocycles. The summed E-state index contributed by atoms with van der Waals surface area (Å²) in [6, 6.07) is 15.8. The van der Waals surface area contributed by atoms with E-state index in [1.54, 1.807) is 6.92 Å². The summed E-state index contributed by atoms with van der Waals surface area (Å²) in [7, 11) is 1.93. The number of nitrogens with zero attached hydrogens (tertiary/aromatic N) is 2. The summed E-state index contributed by atoms with van der Waals surface area (Å²) in [4.78, 5) is 17.7. The van der Waals surface area contributed by atoms with Gasteiger partial charge in [0.25, 0.3) is 0 Å². The normalized spacial score (nSPS) is 20.6. The lowest BCUT2D eigenvalue weighted by Gasteiger charge is -2.30. The number of aliphatic hydroxyl groups excluding tert-OH is 1. The zero-order valence-corrected chi connectivity index (χ0v) is 16.1. The highest BCUT2D eigenvalue weighted by atomic mass is 16.3. The number of fused-ring (bicyclic) bond motifs is 1. The molecule has 1 aromatic heterocycles. The number of aromatic nitrogens is 1. The predicted octanol–water partition coefficient (Wildman–Crippen LogP) is 3.47. The number of oxazole rings is 1. The number of aliphatic hydroxyl groups is 1. The van der Waals surface area contributed by atoms with Gasteiger partial charge in [0.2, 0.25) is 11.8 Å². The molecule has 1 saturated carbocycles. The summed E-state index contributed by atoms with van der Waals surface area (Å²) in [5.41, 5.74) is 3.29. The Labute approximate surface area is 164 Å². The quantitative estimate of drug-likeness (QED) is 0.664. The Kier molecular flexibility index (Phi) is 5.15. The maximum Gasteiger partial charge on any atom is 0.227 e. The van der Waals surface area contributed by atoms with Crippen molar-refractivity contribution in [3.63, 3.8) is 0 Å². The number of rotatable bonds is 5.